The summed E-state index contributed by atoms with van der Waals surface area (Å²) < 4.78 is 71.0. The van der Waals surface area contributed by atoms with E-state index >= 15 is 0 Å². The van der Waals surface area contributed by atoms with Gasteiger partial charge in [-0.1, -0.05) is 12.1 Å². The highest BCUT2D eigenvalue weighted by Gasteiger charge is 2.42. The fourth-order valence-corrected chi connectivity index (χ4v) is 6.81. The summed E-state index contributed by atoms with van der Waals surface area (Å²) in [6.45, 7) is -1.19. The van der Waals surface area contributed by atoms with Gasteiger partial charge in [0.05, 0.1) is 29.1 Å². The van der Waals surface area contributed by atoms with Crippen molar-refractivity contribution in [2.24, 2.45) is 5.92 Å². The van der Waals surface area contributed by atoms with Crippen molar-refractivity contribution in [3.8, 4) is 28.6 Å². The van der Waals surface area contributed by atoms with Gasteiger partial charge in [-0.2, -0.15) is 24.5 Å². The van der Waals surface area contributed by atoms with Crippen molar-refractivity contribution in [1.82, 2.24) is 20.1 Å². The van der Waals surface area contributed by atoms with Crippen LogP contribution in [-0.2, 0) is 11.2 Å². The molecule has 9 nitrogen and oxygen atoms in total. The standard InChI is InChI=1S/C24H25F3N4O5S/c1-24(7-8-37(33,34)13-24)29-22(32)15-10-18-21(35-12-15)20(14-3-2-4-17(9-14)36-23(26)27)30-31(18)19-6-5-16(25)11-28-19/h2-6,9,11,15,23,33-34H,7-8,10,12-13H2,1H3,(H,29,32). The van der Waals surface area contributed by atoms with E-state index in [2.05, 4.69) is 20.1 Å². The summed E-state index contributed by atoms with van der Waals surface area (Å²) in [7, 11) is -2.72. The van der Waals surface area contributed by atoms with Crippen molar-refractivity contribution in [2.75, 3.05) is 18.1 Å². The van der Waals surface area contributed by atoms with Crippen LogP contribution in [0.25, 0.3) is 17.1 Å². The number of aromatic nitrogens is 3. The number of nitrogens with zero attached hydrogens (tertiary/aromatic N) is 3. The third-order valence-corrected chi connectivity index (χ3v) is 8.35. The average molecular weight is 539 g/mol. The van der Waals surface area contributed by atoms with Crippen LogP contribution >= 0.6 is 10.6 Å². The molecule has 2 aliphatic rings. The lowest BCUT2D eigenvalue weighted by atomic mass is 9.95. The van der Waals surface area contributed by atoms with E-state index in [-0.39, 0.29) is 42.0 Å². The first kappa shape index (κ1) is 25.4. The second-order valence-corrected chi connectivity index (χ2v) is 11.7. The molecule has 3 N–H and O–H groups in total. The van der Waals surface area contributed by atoms with Gasteiger partial charge in [-0.25, -0.2) is 14.1 Å². The molecule has 2 aromatic heterocycles. The first-order valence-corrected chi connectivity index (χ1v) is 13.4. The van der Waals surface area contributed by atoms with E-state index in [1.807, 2.05) is 0 Å². The minimum absolute atomic E-state index is 0.0218. The fourth-order valence-electron chi connectivity index (χ4n) is 4.65. The molecule has 0 saturated carbocycles. The van der Waals surface area contributed by atoms with Gasteiger partial charge in [-0.15, -0.1) is 0 Å². The normalized spacial score (nSPS) is 23.3. The first-order valence-electron chi connectivity index (χ1n) is 11.5. The lowest BCUT2D eigenvalue weighted by Crippen LogP contribution is -2.50. The highest BCUT2D eigenvalue weighted by Crippen LogP contribution is 2.50. The van der Waals surface area contributed by atoms with E-state index < -0.39 is 34.5 Å². The molecule has 0 spiro atoms. The Labute approximate surface area is 212 Å². The number of benzene rings is 1. The van der Waals surface area contributed by atoms with Gasteiger partial charge in [0, 0.05) is 17.7 Å². The Hall–Kier alpha value is -3.29. The van der Waals surface area contributed by atoms with Gasteiger partial charge >= 0.3 is 6.61 Å². The Balaban J connectivity index is 1.48. The summed E-state index contributed by atoms with van der Waals surface area (Å²) in [5.41, 5.74) is 0.533. The maximum atomic E-state index is 13.5. The second kappa shape index (κ2) is 9.54. The molecule has 198 valence electrons. The van der Waals surface area contributed by atoms with Crippen LogP contribution in [0.4, 0.5) is 13.2 Å². The van der Waals surface area contributed by atoms with Crippen LogP contribution in [0.3, 0.4) is 0 Å². The predicted octanol–water partition coefficient (Wildman–Crippen LogP) is 4.26. The molecule has 0 radical (unpaired) electrons. The van der Waals surface area contributed by atoms with Crippen LogP contribution in [0.2, 0.25) is 0 Å². The molecule has 2 unspecified atom stereocenters. The summed E-state index contributed by atoms with van der Waals surface area (Å²) in [4.78, 5) is 17.3. The number of carbonyl (C=O) groups is 1. The van der Waals surface area contributed by atoms with Crippen LogP contribution in [-0.4, -0.2) is 60.0 Å². The monoisotopic (exact) mass is 538 g/mol. The van der Waals surface area contributed by atoms with Crippen molar-refractivity contribution >= 4 is 16.5 Å². The van der Waals surface area contributed by atoms with Crippen LogP contribution in [0.15, 0.2) is 42.6 Å². The van der Waals surface area contributed by atoms with Gasteiger partial charge < -0.3 is 14.8 Å². The average Bonchev–Trinajstić information content (AvgIpc) is 3.35. The minimum atomic E-state index is -2.99. The Bertz CT molecular complexity index is 1320. The van der Waals surface area contributed by atoms with Crippen molar-refractivity contribution < 1.29 is 36.5 Å². The quantitative estimate of drug-likeness (QED) is 0.429. The first-order chi connectivity index (χ1) is 17.5. The van der Waals surface area contributed by atoms with Gasteiger partial charge in [-0.05, 0) is 37.6 Å². The molecule has 1 amide bonds. The SMILES string of the molecule is CC1(NC(=O)C2COc3c(-c4cccc(OC(F)F)c4)nn(-c4ccc(F)cn4)c3C2)CCS(O)(O)C1. The van der Waals surface area contributed by atoms with Crippen molar-refractivity contribution in [3.05, 3.63) is 54.1 Å². The molecule has 0 bridgehead atoms. The number of fused-ring (bicyclic) bond motifs is 1. The summed E-state index contributed by atoms with van der Waals surface area (Å²) >= 11 is 0. The van der Waals surface area contributed by atoms with E-state index in [1.165, 1.54) is 28.9 Å². The maximum Gasteiger partial charge on any atom is 0.387 e. The molecular weight excluding hydrogens is 513 g/mol. The molecule has 1 saturated heterocycles. The van der Waals surface area contributed by atoms with Gasteiger partial charge in [0.15, 0.2) is 11.6 Å². The zero-order valence-corrected chi connectivity index (χ0v) is 20.6. The van der Waals surface area contributed by atoms with E-state index in [4.69, 9.17) is 4.74 Å². The summed E-state index contributed by atoms with van der Waals surface area (Å²) in [6.07, 6.45) is 1.68. The Morgan fingerprint density at radius 2 is 2.14 bits per heavy atom. The highest BCUT2D eigenvalue weighted by molar-refractivity contribution is 8.24. The number of nitrogens with one attached hydrogen (secondary N) is 1. The highest BCUT2D eigenvalue weighted by atomic mass is 32.3. The lowest BCUT2D eigenvalue weighted by molar-refractivity contribution is -0.127. The van der Waals surface area contributed by atoms with E-state index in [9.17, 15) is 27.1 Å². The molecule has 2 atom stereocenters. The number of pyridine rings is 1. The topological polar surface area (TPSA) is 119 Å². The Kier molecular flexibility index (Phi) is 6.54. The molecule has 1 fully saturated rings. The van der Waals surface area contributed by atoms with E-state index in [0.717, 1.165) is 6.20 Å². The van der Waals surface area contributed by atoms with Gasteiger partial charge in [-0.3, -0.25) is 13.9 Å². The minimum Gasteiger partial charge on any atom is -0.488 e. The zero-order valence-electron chi connectivity index (χ0n) is 19.7. The van der Waals surface area contributed by atoms with Gasteiger partial charge in [0.25, 0.3) is 0 Å². The molecule has 1 aromatic carbocycles. The number of hydrogen-bond acceptors (Lipinski definition) is 7. The Morgan fingerprint density at radius 3 is 2.81 bits per heavy atom. The van der Waals surface area contributed by atoms with Crippen molar-refractivity contribution in [2.45, 2.75) is 31.9 Å². The van der Waals surface area contributed by atoms with Gasteiger partial charge in [0.2, 0.25) is 5.91 Å². The summed E-state index contributed by atoms with van der Waals surface area (Å²) in [6, 6.07) is 8.64. The number of amides is 1. The summed E-state index contributed by atoms with van der Waals surface area (Å²) in [5, 5.41) is 7.52. The number of hydrogen-bond donors (Lipinski definition) is 3. The van der Waals surface area contributed by atoms with Crippen molar-refractivity contribution in [3.63, 3.8) is 0 Å². The number of halogens is 3. The molecule has 13 heteroatoms. The third kappa shape index (κ3) is 5.38. The molecule has 2 aliphatic heterocycles. The largest absolute Gasteiger partial charge is 0.488 e. The molecule has 5 rings (SSSR count). The van der Waals surface area contributed by atoms with Gasteiger partial charge in [0.1, 0.15) is 23.9 Å². The maximum absolute atomic E-state index is 13.5. The van der Waals surface area contributed by atoms with Crippen LogP contribution in [0, 0.1) is 11.7 Å². The smallest absolute Gasteiger partial charge is 0.387 e. The number of ether oxygens (including phenoxy) is 2. The van der Waals surface area contributed by atoms with E-state index in [0.29, 0.717) is 29.1 Å². The van der Waals surface area contributed by atoms with Crippen molar-refractivity contribution in [1.29, 1.82) is 0 Å². The number of carbonyl (C=O) groups excluding carboxylic acids is 1. The molecule has 3 aromatic rings. The molecule has 4 heterocycles. The lowest BCUT2D eigenvalue weighted by Gasteiger charge is -2.32. The predicted molar refractivity (Wildman–Crippen MR) is 130 cm³/mol. The fraction of sp³-hybridized carbons (Fsp3) is 0.375. The third-order valence-electron chi connectivity index (χ3n) is 6.39. The molecule has 0 aliphatic carbocycles. The summed E-state index contributed by atoms with van der Waals surface area (Å²) in [5.74, 6) is -0.566. The molecular formula is C24H25F3N4O5S. The number of alkyl halides is 2. The van der Waals surface area contributed by atoms with Crippen LogP contribution < -0.4 is 14.8 Å². The molecule has 37 heavy (non-hydrogen) atoms. The van der Waals surface area contributed by atoms with Crippen LogP contribution in [0.5, 0.6) is 11.5 Å². The van der Waals surface area contributed by atoms with Crippen LogP contribution in [0.1, 0.15) is 19.0 Å². The Morgan fingerprint density at radius 1 is 1.32 bits per heavy atom. The zero-order chi connectivity index (χ0) is 26.4. The second-order valence-electron chi connectivity index (χ2n) is 9.44. The number of rotatable bonds is 6. The van der Waals surface area contributed by atoms with E-state index in [1.54, 1.807) is 19.1 Å².